The van der Waals surface area contributed by atoms with Crippen molar-refractivity contribution in [3.63, 3.8) is 0 Å². The molecule has 3 heteroatoms. The number of halogens is 2. The van der Waals surface area contributed by atoms with Crippen LogP contribution in [0.5, 0.6) is 0 Å². The van der Waals surface area contributed by atoms with Gasteiger partial charge in [-0.15, -0.1) is 0 Å². The lowest BCUT2D eigenvalue weighted by molar-refractivity contribution is 0.439. The molecule has 0 heterocycles. The maximum absolute atomic E-state index is 14.3. The lowest BCUT2D eigenvalue weighted by Gasteiger charge is -2.22. The van der Waals surface area contributed by atoms with E-state index in [4.69, 9.17) is 7.85 Å². The first-order valence-electron chi connectivity index (χ1n) is 8.00. The molecular weight excluding hydrogens is 289 g/mol. The van der Waals surface area contributed by atoms with Gasteiger partial charge in [-0.1, -0.05) is 48.7 Å². The summed E-state index contributed by atoms with van der Waals surface area (Å²) in [6.07, 6.45) is 5.50. The van der Waals surface area contributed by atoms with Crippen molar-refractivity contribution in [2.45, 2.75) is 38.0 Å². The molecule has 1 aliphatic carbocycles. The van der Waals surface area contributed by atoms with Gasteiger partial charge in [0.05, 0.1) is 5.56 Å². The van der Waals surface area contributed by atoms with Crippen molar-refractivity contribution >= 4 is 13.3 Å². The molecule has 0 aliphatic heterocycles. The highest BCUT2D eigenvalue weighted by atomic mass is 19.1. The average molecular weight is 306 g/mol. The van der Waals surface area contributed by atoms with Crippen LogP contribution in [0.4, 0.5) is 8.78 Å². The zero-order chi connectivity index (χ0) is 16.2. The summed E-state index contributed by atoms with van der Waals surface area (Å²) in [4.78, 5) is 0. The second-order valence-corrected chi connectivity index (χ2v) is 6.07. The van der Waals surface area contributed by atoms with Crippen LogP contribution in [0.25, 0.3) is 0 Å². The van der Waals surface area contributed by atoms with E-state index in [1.165, 1.54) is 18.6 Å². The summed E-state index contributed by atoms with van der Waals surface area (Å²) < 4.78 is 28.5. The van der Waals surface area contributed by atoms with Gasteiger partial charge < -0.3 is 0 Å². The number of rotatable bonds is 1. The van der Waals surface area contributed by atoms with Gasteiger partial charge in [0.1, 0.15) is 19.5 Å². The van der Waals surface area contributed by atoms with Crippen LogP contribution in [-0.4, -0.2) is 7.85 Å². The standard InChI is InChI=1S/C20H17BF2/c21-17-9-6-14(7-10-17)8-11-18-19(22)12-16(13-20(18)23)15-4-2-1-3-5-15/h6-7,9-10,12-13,15H,1-5H2. The van der Waals surface area contributed by atoms with Gasteiger partial charge in [0, 0.05) is 5.56 Å². The van der Waals surface area contributed by atoms with E-state index >= 15 is 0 Å². The van der Waals surface area contributed by atoms with Crippen LogP contribution in [0, 0.1) is 23.5 Å². The van der Waals surface area contributed by atoms with Crippen molar-refractivity contribution in [1.82, 2.24) is 0 Å². The van der Waals surface area contributed by atoms with Gasteiger partial charge in [0.25, 0.3) is 0 Å². The summed E-state index contributed by atoms with van der Waals surface area (Å²) in [6.45, 7) is 0. The maximum Gasteiger partial charge on any atom is 0.142 e. The molecule has 23 heavy (non-hydrogen) atoms. The number of benzene rings is 2. The Morgan fingerprint density at radius 1 is 0.870 bits per heavy atom. The van der Waals surface area contributed by atoms with Crippen molar-refractivity contribution in [1.29, 1.82) is 0 Å². The van der Waals surface area contributed by atoms with E-state index < -0.39 is 11.6 Å². The first-order valence-corrected chi connectivity index (χ1v) is 8.00. The molecule has 0 aromatic heterocycles. The highest BCUT2D eigenvalue weighted by Crippen LogP contribution is 2.33. The average Bonchev–Trinajstić information content (AvgIpc) is 2.56. The zero-order valence-corrected chi connectivity index (χ0v) is 12.9. The van der Waals surface area contributed by atoms with Crippen molar-refractivity contribution < 1.29 is 8.78 Å². The Balaban J connectivity index is 1.87. The number of hydrogen-bond donors (Lipinski definition) is 0. The first kappa shape index (κ1) is 15.8. The summed E-state index contributed by atoms with van der Waals surface area (Å²) in [6, 6.07) is 9.78. The molecule has 0 bridgehead atoms. The van der Waals surface area contributed by atoms with Gasteiger partial charge in [-0.2, -0.15) is 0 Å². The van der Waals surface area contributed by atoms with E-state index in [1.54, 1.807) is 24.3 Å². The molecule has 0 atom stereocenters. The van der Waals surface area contributed by atoms with E-state index in [2.05, 4.69) is 11.8 Å². The van der Waals surface area contributed by atoms with E-state index in [0.717, 1.165) is 31.2 Å². The zero-order valence-electron chi connectivity index (χ0n) is 12.9. The Morgan fingerprint density at radius 3 is 2.09 bits per heavy atom. The second kappa shape index (κ2) is 7.00. The van der Waals surface area contributed by atoms with Crippen LogP contribution in [0.1, 0.15) is 54.7 Å². The topological polar surface area (TPSA) is 0 Å². The second-order valence-electron chi connectivity index (χ2n) is 6.07. The minimum absolute atomic E-state index is 0.165. The smallest absolute Gasteiger partial charge is 0.142 e. The molecule has 2 radical (unpaired) electrons. The fraction of sp³-hybridized carbons (Fsp3) is 0.300. The molecule has 2 aromatic carbocycles. The Kier molecular flexibility index (Phi) is 4.81. The molecule has 3 rings (SSSR count). The van der Waals surface area contributed by atoms with Gasteiger partial charge in [0.2, 0.25) is 0 Å². The molecule has 0 unspecified atom stereocenters. The molecule has 0 N–H and O–H groups in total. The lowest BCUT2D eigenvalue weighted by Crippen LogP contribution is -2.06. The van der Waals surface area contributed by atoms with Gasteiger partial charge in [-0.25, -0.2) is 8.78 Å². The predicted molar refractivity (Wildman–Crippen MR) is 90.0 cm³/mol. The third-order valence-electron chi connectivity index (χ3n) is 4.38. The van der Waals surface area contributed by atoms with E-state index in [9.17, 15) is 8.78 Å². The fourth-order valence-electron chi connectivity index (χ4n) is 3.08. The first-order chi connectivity index (χ1) is 11.1. The molecule has 2 aromatic rings. The van der Waals surface area contributed by atoms with Gasteiger partial charge >= 0.3 is 0 Å². The SMILES string of the molecule is [B]c1ccc(C#Cc2c(F)cc(C3CCCCC3)cc2F)cc1. The van der Waals surface area contributed by atoms with Crippen LogP contribution in [0.15, 0.2) is 36.4 Å². The van der Waals surface area contributed by atoms with Crippen LogP contribution in [0.3, 0.4) is 0 Å². The van der Waals surface area contributed by atoms with Gasteiger partial charge in [-0.05, 0) is 48.6 Å². The van der Waals surface area contributed by atoms with E-state index in [1.807, 2.05) is 0 Å². The molecule has 0 nitrogen and oxygen atoms in total. The quantitative estimate of drug-likeness (QED) is 0.547. The van der Waals surface area contributed by atoms with Crippen molar-refractivity contribution in [2.24, 2.45) is 0 Å². The normalized spacial score (nSPS) is 15.0. The predicted octanol–water partition coefficient (Wildman–Crippen LogP) is 4.21. The molecule has 0 spiro atoms. The van der Waals surface area contributed by atoms with Crippen molar-refractivity contribution in [3.05, 3.63) is 64.7 Å². The maximum atomic E-state index is 14.3. The van der Waals surface area contributed by atoms with Crippen LogP contribution < -0.4 is 5.46 Å². The molecule has 1 aliphatic rings. The van der Waals surface area contributed by atoms with Crippen molar-refractivity contribution in [3.8, 4) is 11.8 Å². The van der Waals surface area contributed by atoms with Gasteiger partial charge in [0.15, 0.2) is 0 Å². The third-order valence-corrected chi connectivity index (χ3v) is 4.38. The summed E-state index contributed by atoms with van der Waals surface area (Å²) in [5.41, 5.74) is 1.90. The van der Waals surface area contributed by atoms with E-state index in [-0.39, 0.29) is 11.5 Å². The van der Waals surface area contributed by atoms with Crippen LogP contribution >= 0.6 is 0 Å². The summed E-state index contributed by atoms with van der Waals surface area (Å²) in [5.74, 6) is 4.51. The van der Waals surface area contributed by atoms with Crippen LogP contribution in [0.2, 0.25) is 0 Å². The molecule has 0 saturated heterocycles. The highest BCUT2D eigenvalue weighted by Gasteiger charge is 2.19. The largest absolute Gasteiger partial charge is 0.206 e. The molecule has 1 fully saturated rings. The molecule has 1 saturated carbocycles. The van der Waals surface area contributed by atoms with E-state index in [0.29, 0.717) is 11.0 Å². The summed E-state index contributed by atoms with van der Waals surface area (Å²) in [5, 5.41) is 0. The lowest BCUT2D eigenvalue weighted by atomic mass is 9.84. The molecule has 0 amide bonds. The van der Waals surface area contributed by atoms with Crippen molar-refractivity contribution in [2.75, 3.05) is 0 Å². The Hall–Kier alpha value is -2.08. The summed E-state index contributed by atoms with van der Waals surface area (Å²) in [7, 11) is 5.60. The number of hydrogen-bond acceptors (Lipinski definition) is 0. The summed E-state index contributed by atoms with van der Waals surface area (Å²) >= 11 is 0. The minimum Gasteiger partial charge on any atom is -0.206 e. The highest BCUT2D eigenvalue weighted by molar-refractivity contribution is 6.32. The fourth-order valence-corrected chi connectivity index (χ4v) is 3.08. The Morgan fingerprint density at radius 2 is 1.48 bits per heavy atom. The monoisotopic (exact) mass is 306 g/mol. The van der Waals surface area contributed by atoms with Gasteiger partial charge in [-0.3, -0.25) is 0 Å². The Bertz CT molecular complexity index is 724. The molecule has 114 valence electrons. The third kappa shape index (κ3) is 3.82. The Labute approximate surface area is 137 Å². The van der Waals surface area contributed by atoms with Crippen LogP contribution in [-0.2, 0) is 0 Å². The molecular formula is C20H17BF2. The minimum atomic E-state index is -0.575.